The van der Waals surface area contributed by atoms with Crippen LogP contribution in [0.4, 0.5) is 0 Å². The van der Waals surface area contributed by atoms with Gasteiger partial charge in [0.25, 0.3) is 0 Å². The summed E-state index contributed by atoms with van der Waals surface area (Å²) in [6.45, 7) is 3.89. The second-order valence-corrected chi connectivity index (χ2v) is 4.38. The molecule has 98 valence electrons. The number of esters is 1. The largest absolute Gasteiger partial charge is 0.478 e. The quantitative estimate of drug-likeness (QED) is 0.668. The van der Waals surface area contributed by atoms with Gasteiger partial charge in [-0.1, -0.05) is 24.3 Å². The Bertz CT molecular complexity index is 596. The summed E-state index contributed by atoms with van der Waals surface area (Å²) in [5.74, 6) is -1.83. The Morgan fingerprint density at radius 2 is 1.89 bits per heavy atom. The van der Waals surface area contributed by atoms with E-state index in [2.05, 4.69) is 0 Å². The SMILES string of the molecule is CC1=C(C)[C@H](OC(=O)/C=C\C(=O)O)c2ccccc21. The van der Waals surface area contributed by atoms with Crippen molar-refractivity contribution < 1.29 is 19.4 Å². The topological polar surface area (TPSA) is 63.6 Å². The van der Waals surface area contributed by atoms with Gasteiger partial charge >= 0.3 is 11.9 Å². The first-order valence-electron chi connectivity index (χ1n) is 5.89. The van der Waals surface area contributed by atoms with E-state index < -0.39 is 18.0 Å². The Balaban J connectivity index is 2.23. The predicted octanol–water partition coefficient (Wildman–Crippen LogP) is 2.72. The molecule has 0 amide bonds. The molecule has 0 aromatic heterocycles. The van der Waals surface area contributed by atoms with Crippen LogP contribution in [-0.4, -0.2) is 17.0 Å². The van der Waals surface area contributed by atoms with E-state index in [1.165, 1.54) is 0 Å². The number of ether oxygens (including phenoxy) is 1. The minimum Gasteiger partial charge on any atom is -0.478 e. The zero-order valence-electron chi connectivity index (χ0n) is 10.7. The number of fused-ring (bicyclic) bond motifs is 1. The molecule has 0 fully saturated rings. The van der Waals surface area contributed by atoms with Crippen LogP contribution in [-0.2, 0) is 14.3 Å². The Kier molecular flexibility index (Phi) is 3.51. The first-order valence-corrected chi connectivity index (χ1v) is 5.89. The maximum atomic E-state index is 11.6. The fourth-order valence-corrected chi connectivity index (χ4v) is 2.16. The van der Waals surface area contributed by atoms with Crippen molar-refractivity contribution in [2.75, 3.05) is 0 Å². The number of rotatable bonds is 3. The molecule has 0 aliphatic heterocycles. The van der Waals surface area contributed by atoms with Crippen LogP contribution in [0.15, 0.2) is 42.0 Å². The average Bonchev–Trinajstić information content (AvgIpc) is 2.62. The smallest absolute Gasteiger partial charge is 0.331 e. The number of aliphatic carboxylic acids is 1. The van der Waals surface area contributed by atoms with Crippen LogP contribution in [0, 0.1) is 0 Å². The summed E-state index contributed by atoms with van der Waals surface area (Å²) < 4.78 is 5.32. The molecule has 0 saturated carbocycles. The lowest BCUT2D eigenvalue weighted by atomic mass is 10.1. The van der Waals surface area contributed by atoms with E-state index in [0.29, 0.717) is 0 Å². The molecule has 1 aromatic carbocycles. The molecule has 4 heteroatoms. The molecule has 0 saturated heterocycles. The molecule has 0 heterocycles. The standard InChI is InChI=1S/C15H14O4/c1-9-10(2)15(12-6-4-3-5-11(9)12)19-14(18)8-7-13(16)17/h3-8,15H,1-2H3,(H,16,17)/b8-7-/t15-/m0/s1. The zero-order chi connectivity index (χ0) is 14.0. The molecule has 0 spiro atoms. The highest BCUT2D eigenvalue weighted by Gasteiger charge is 2.28. The Labute approximate surface area is 111 Å². The van der Waals surface area contributed by atoms with E-state index in [4.69, 9.17) is 9.84 Å². The molecule has 0 unspecified atom stereocenters. The maximum absolute atomic E-state index is 11.6. The molecule has 2 rings (SSSR count). The summed E-state index contributed by atoms with van der Waals surface area (Å²) in [7, 11) is 0. The van der Waals surface area contributed by atoms with Crippen LogP contribution in [0.5, 0.6) is 0 Å². The highest BCUT2D eigenvalue weighted by atomic mass is 16.5. The number of carboxylic acid groups (broad SMARTS) is 1. The molecular weight excluding hydrogens is 244 g/mol. The van der Waals surface area contributed by atoms with Crippen LogP contribution in [0.1, 0.15) is 31.1 Å². The van der Waals surface area contributed by atoms with Gasteiger partial charge in [-0.2, -0.15) is 0 Å². The summed E-state index contributed by atoms with van der Waals surface area (Å²) in [6.07, 6.45) is 1.27. The van der Waals surface area contributed by atoms with Crippen molar-refractivity contribution in [1.29, 1.82) is 0 Å². The highest BCUT2D eigenvalue weighted by molar-refractivity contribution is 5.91. The number of carbonyl (C=O) groups excluding carboxylic acids is 1. The maximum Gasteiger partial charge on any atom is 0.331 e. The number of allylic oxidation sites excluding steroid dienone is 1. The van der Waals surface area contributed by atoms with Crippen molar-refractivity contribution in [3.63, 3.8) is 0 Å². The van der Waals surface area contributed by atoms with E-state index in [-0.39, 0.29) is 0 Å². The van der Waals surface area contributed by atoms with E-state index >= 15 is 0 Å². The van der Waals surface area contributed by atoms with E-state index in [0.717, 1.165) is 34.4 Å². The summed E-state index contributed by atoms with van der Waals surface area (Å²) >= 11 is 0. The summed E-state index contributed by atoms with van der Waals surface area (Å²) in [5.41, 5.74) is 4.07. The third-order valence-electron chi connectivity index (χ3n) is 3.23. The van der Waals surface area contributed by atoms with Gasteiger partial charge in [0.15, 0.2) is 0 Å². The monoisotopic (exact) mass is 258 g/mol. The molecule has 4 nitrogen and oxygen atoms in total. The van der Waals surface area contributed by atoms with Crippen molar-refractivity contribution in [3.8, 4) is 0 Å². The lowest BCUT2D eigenvalue weighted by molar-refractivity contribution is -0.142. The lowest BCUT2D eigenvalue weighted by Crippen LogP contribution is -2.09. The summed E-state index contributed by atoms with van der Waals surface area (Å²) in [5, 5.41) is 8.47. The Hall–Kier alpha value is -2.36. The van der Waals surface area contributed by atoms with Gasteiger partial charge in [0.05, 0.1) is 0 Å². The van der Waals surface area contributed by atoms with Gasteiger partial charge in [0, 0.05) is 17.7 Å². The second kappa shape index (κ2) is 5.10. The van der Waals surface area contributed by atoms with E-state index in [1.54, 1.807) is 0 Å². The fourth-order valence-electron chi connectivity index (χ4n) is 2.16. The summed E-state index contributed by atoms with van der Waals surface area (Å²) in [4.78, 5) is 21.9. The van der Waals surface area contributed by atoms with Gasteiger partial charge < -0.3 is 9.84 Å². The van der Waals surface area contributed by atoms with Gasteiger partial charge in [0.1, 0.15) is 6.10 Å². The molecule has 19 heavy (non-hydrogen) atoms. The van der Waals surface area contributed by atoms with Crippen LogP contribution < -0.4 is 0 Å². The third kappa shape index (κ3) is 2.57. The Morgan fingerprint density at radius 3 is 2.58 bits per heavy atom. The van der Waals surface area contributed by atoms with Gasteiger partial charge in [-0.25, -0.2) is 9.59 Å². The molecular formula is C15H14O4. The first-order chi connectivity index (χ1) is 9.00. The third-order valence-corrected chi connectivity index (χ3v) is 3.23. The van der Waals surface area contributed by atoms with Crippen molar-refractivity contribution in [2.24, 2.45) is 0 Å². The Morgan fingerprint density at radius 1 is 1.21 bits per heavy atom. The van der Waals surface area contributed by atoms with Crippen LogP contribution in [0.3, 0.4) is 0 Å². The van der Waals surface area contributed by atoms with Crippen molar-refractivity contribution in [1.82, 2.24) is 0 Å². The minimum atomic E-state index is -1.17. The molecule has 1 aliphatic carbocycles. The molecule has 0 radical (unpaired) electrons. The molecule has 1 atom stereocenters. The number of carboxylic acids is 1. The van der Waals surface area contributed by atoms with Gasteiger partial charge in [-0.3, -0.25) is 0 Å². The first kappa shape index (κ1) is 13.1. The van der Waals surface area contributed by atoms with Crippen molar-refractivity contribution in [3.05, 3.63) is 53.1 Å². The second-order valence-electron chi connectivity index (χ2n) is 4.38. The predicted molar refractivity (Wildman–Crippen MR) is 70.3 cm³/mol. The average molecular weight is 258 g/mol. The van der Waals surface area contributed by atoms with Crippen molar-refractivity contribution in [2.45, 2.75) is 20.0 Å². The number of benzene rings is 1. The molecule has 0 bridgehead atoms. The molecule has 1 N–H and O–H groups in total. The van der Waals surface area contributed by atoms with Crippen LogP contribution in [0.2, 0.25) is 0 Å². The highest BCUT2D eigenvalue weighted by Crippen LogP contribution is 2.41. The van der Waals surface area contributed by atoms with E-state index in [1.807, 2.05) is 38.1 Å². The normalized spacial score (nSPS) is 17.7. The van der Waals surface area contributed by atoms with Gasteiger partial charge in [-0.05, 0) is 30.6 Å². The van der Waals surface area contributed by atoms with Gasteiger partial charge in [0.2, 0.25) is 0 Å². The lowest BCUT2D eigenvalue weighted by Gasteiger charge is -2.14. The fraction of sp³-hybridized carbons (Fsp3) is 0.200. The van der Waals surface area contributed by atoms with Crippen molar-refractivity contribution >= 4 is 17.5 Å². The van der Waals surface area contributed by atoms with E-state index in [9.17, 15) is 9.59 Å². The minimum absolute atomic E-state index is 0.429. The summed E-state index contributed by atoms with van der Waals surface area (Å²) in [6, 6.07) is 7.71. The number of hydrogen-bond donors (Lipinski definition) is 1. The van der Waals surface area contributed by atoms with Crippen LogP contribution >= 0.6 is 0 Å². The molecule has 1 aliphatic rings. The zero-order valence-corrected chi connectivity index (χ0v) is 10.7. The van der Waals surface area contributed by atoms with Crippen LogP contribution in [0.25, 0.3) is 5.57 Å². The molecule has 1 aromatic rings. The number of hydrogen-bond acceptors (Lipinski definition) is 3. The van der Waals surface area contributed by atoms with Gasteiger partial charge in [-0.15, -0.1) is 0 Å². The number of carbonyl (C=O) groups is 2.